The number of carbonyl (C=O) groups is 1. The highest BCUT2D eigenvalue weighted by Crippen LogP contribution is 2.31. The molecular formula is C19H28N4O4. The lowest BCUT2D eigenvalue weighted by Crippen LogP contribution is -2.47. The predicted molar refractivity (Wildman–Crippen MR) is 99.8 cm³/mol. The van der Waals surface area contributed by atoms with Gasteiger partial charge in [-0.25, -0.2) is 0 Å². The largest absolute Gasteiger partial charge is 0.384 e. The van der Waals surface area contributed by atoms with Gasteiger partial charge in [0.05, 0.1) is 26.4 Å². The van der Waals surface area contributed by atoms with Crippen molar-refractivity contribution in [1.29, 1.82) is 0 Å². The van der Waals surface area contributed by atoms with E-state index in [2.05, 4.69) is 15.2 Å². The van der Waals surface area contributed by atoms with Gasteiger partial charge in [0, 0.05) is 64.0 Å². The van der Waals surface area contributed by atoms with Crippen molar-refractivity contribution in [3.8, 4) is 0 Å². The van der Waals surface area contributed by atoms with E-state index >= 15 is 0 Å². The number of rotatable bonds is 5. The molecule has 3 aliphatic heterocycles. The van der Waals surface area contributed by atoms with E-state index in [4.69, 9.17) is 14.2 Å². The Kier molecular flexibility index (Phi) is 5.87. The summed E-state index contributed by atoms with van der Waals surface area (Å²) in [6, 6.07) is 3.75. The number of likely N-dealkylation sites (tertiary alicyclic amines) is 1. The van der Waals surface area contributed by atoms with Crippen LogP contribution in [0.4, 0.5) is 5.69 Å². The van der Waals surface area contributed by atoms with Gasteiger partial charge < -0.3 is 24.4 Å². The minimum atomic E-state index is -0.465. The molecule has 4 heterocycles. The van der Waals surface area contributed by atoms with Crippen molar-refractivity contribution in [2.75, 3.05) is 71.0 Å². The van der Waals surface area contributed by atoms with Gasteiger partial charge in [-0.15, -0.1) is 0 Å². The van der Waals surface area contributed by atoms with Crippen LogP contribution in [0.5, 0.6) is 0 Å². The average Bonchev–Trinajstić information content (AvgIpc) is 3.17. The van der Waals surface area contributed by atoms with Gasteiger partial charge in [-0.1, -0.05) is 0 Å². The third kappa shape index (κ3) is 4.57. The van der Waals surface area contributed by atoms with E-state index < -0.39 is 5.79 Å². The van der Waals surface area contributed by atoms with Crippen molar-refractivity contribution in [1.82, 2.24) is 14.8 Å². The standard InChI is InChI=1S/C19H28N4O4/c24-18(23-6-2-19(3-7-23)26-13-14-27-19)17-15-16(1-4-21-17)20-5-8-22-9-11-25-12-10-22/h1,4,15H,2-3,5-14H2,(H,20,21). The van der Waals surface area contributed by atoms with Crippen molar-refractivity contribution >= 4 is 11.6 Å². The molecule has 1 amide bonds. The first kappa shape index (κ1) is 18.6. The molecule has 0 aliphatic carbocycles. The first-order valence-electron chi connectivity index (χ1n) is 9.81. The SMILES string of the molecule is O=C(c1cc(NCCN2CCOCC2)ccn1)N1CCC2(CC1)OCCO2. The maximum absolute atomic E-state index is 12.8. The van der Waals surface area contributed by atoms with Gasteiger partial charge in [0.15, 0.2) is 5.79 Å². The normalized spacial score (nSPS) is 22.9. The molecule has 0 unspecified atom stereocenters. The summed E-state index contributed by atoms with van der Waals surface area (Å²) in [5, 5.41) is 3.40. The molecule has 8 nitrogen and oxygen atoms in total. The van der Waals surface area contributed by atoms with Crippen LogP contribution in [0.15, 0.2) is 18.3 Å². The highest BCUT2D eigenvalue weighted by atomic mass is 16.7. The first-order chi connectivity index (χ1) is 13.2. The van der Waals surface area contributed by atoms with Gasteiger partial charge in [0.1, 0.15) is 5.69 Å². The molecule has 27 heavy (non-hydrogen) atoms. The maximum Gasteiger partial charge on any atom is 0.272 e. The molecule has 1 N–H and O–H groups in total. The van der Waals surface area contributed by atoms with Gasteiger partial charge in [-0.3, -0.25) is 14.7 Å². The highest BCUT2D eigenvalue weighted by Gasteiger charge is 2.41. The minimum absolute atomic E-state index is 0.0281. The smallest absolute Gasteiger partial charge is 0.272 e. The lowest BCUT2D eigenvalue weighted by atomic mass is 10.0. The molecule has 8 heteroatoms. The summed E-state index contributed by atoms with van der Waals surface area (Å²) in [6.07, 6.45) is 3.13. The molecule has 4 rings (SSSR count). The molecule has 3 aliphatic rings. The van der Waals surface area contributed by atoms with E-state index in [0.29, 0.717) is 32.0 Å². The number of nitrogens with one attached hydrogen (secondary N) is 1. The summed E-state index contributed by atoms with van der Waals surface area (Å²) in [6.45, 7) is 7.92. The van der Waals surface area contributed by atoms with Crippen LogP contribution in [0.2, 0.25) is 0 Å². The van der Waals surface area contributed by atoms with Crippen LogP contribution in [0, 0.1) is 0 Å². The summed E-state index contributed by atoms with van der Waals surface area (Å²) in [7, 11) is 0. The third-order valence-electron chi connectivity index (χ3n) is 5.47. The highest BCUT2D eigenvalue weighted by molar-refractivity contribution is 5.93. The van der Waals surface area contributed by atoms with Crippen molar-refractivity contribution < 1.29 is 19.0 Å². The van der Waals surface area contributed by atoms with Crippen molar-refractivity contribution in [2.45, 2.75) is 18.6 Å². The number of hydrogen-bond donors (Lipinski definition) is 1. The van der Waals surface area contributed by atoms with Crippen LogP contribution < -0.4 is 5.32 Å². The van der Waals surface area contributed by atoms with Crippen LogP contribution in [0.1, 0.15) is 23.3 Å². The predicted octanol–water partition coefficient (Wildman–Crippen LogP) is 0.805. The fourth-order valence-corrected chi connectivity index (χ4v) is 3.84. The van der Waals surface area contributed by atoms with Crippen molar-refractivity contribution in [3.05, 3.63) is 24.0 Å². The van der Waals surface area contributed by atoms with Crippen LogP contribution in [-0.4, -0.2) is 92.2 Å². The van der Waals surface area contributed by atoms with Crippen molar-refractivity contribution in [3.63, 3.8) is 0 Å². The number of carbonyl (C=O) groups excluding carboxylic acids is 1. The fraction of sp³-hybridized carbons (Fsp3) is 0.684. The molecule has 1 spiro atoms. The van der Waals surface area contributed by atoms with E-state index in [1.807, 2.05) is 17.0 Å². The Morgan fingerprint density at radius 1 is 1.11 bits per heavy atom. The molecule has 0 bridgehead atoms. The second-order valence-corrected chi connectivity index (χ2v) is 7.21. The monoisotopic (exact) mass is 376 g/mol. The molecule has 1 aromatic heterocycles. The number of aromatic nitrogens is 1. The first-order valence-corrected chi connectivity index (χ1v) is 9.81. The number of hydrogen-bond acceptors (Lipinski definition) is 7. The molecule has 0 atom stereocenters. The Morgan fingerprint density at radius 3 is 2.59 bits per heavy atom. The average molecular weight is 376 g/mol. The van der Waals surface area contributed by atoms with E-state index in [9.17, 15) is 4.79 Å². The molecule has 0 saturated carbocycles. The molecule has 0 aromatic carbocycles. The topological polar surface area (TPSA) is 76.2 Å². The van der Waals surface area contributed by atoms with Gasteiger partial charge >= 0.3 is 0 Å². The lowest BCUT2D eigenvalue weighted by Gasteiger charge is -2.37. The van der Waals surface area contributed by atoms with Crippen LogP contribution >= 0.6 is 0 Å². The number of pyridine rings is 1. The Balaban J connectivity index is 1.28. The molecule has 0 radical (unpaired) electrons. The second-order valence-electron chi connectivity index (χ2n) is 7.21. The van der Waals surface area contributed by atoms with Crippen LogP contribution in [-0.2, 0) is 14.2 Å². The number of nitrogens with zero attached hydrogens (tertiary/aromatic N) is 3. The molecular weight excluding hydrogens is 348 g/mol. The number of ether oxygens (including phenoxy) is 3. The van der Waals surface area contributed by atoms with Gasteiger partial charge in [0.2, 0.25) is 0 Å². The number of anilines is 1. The number of piperidine rings is 1. The maximum atomic E-state index is 12.8. The minimum Gasteiger partial charge on any atom is -0.384 e. The molecule has 3 saturated heterocycles. The summed E-state index contributed by atoms with van der Waals surface area (Å²) in [4.78, 5) is 21.3. The Labute approximate surface area is 159 Å². The Hall–Kier alpha value is -1.74. The van der Waals surface area contributed by atoms with E-state index in [0.717, 1.165) is 57.9 Å². The van der Waals surface area contributed by atoms with Gasteiger partial charge in [-0.05, 0) is 12.1 Å². The molecule has 3 fully saturated rings. The lowest BCUT2D eigenvalue weighted by molar-refractivity contribution is -0.181. The molecule has 1 aromatic rings. The summed E-state index contributed by atoms with van der Waals surface area (Å²) < 4.78 is 16.8. The van der Waals surface area contributed by atoms with Crippen LogP contribution in [0.3, 0.4) is 0 Å². The van der Waals surface area contributed by atoms with E-state index in [-0.39, 0.29) is 5.91 Å². The van der Waals surface area contributed by atoms with Gasteiger partial charge in [-0.2, -0.15) is 0 Å². The zero-order valence-electron chi connectivity index (χ0n) is 15.7. The quantitative estimate of drug-likeness (QED) is 0.815. The summed E-state index contributed by atoms with van der Waals surface area (Å²) >= 11 is 0. The van der Waals surface area contributed by atoms with E-state index in [1.165, 1.54) is 0 Å². The van der Waals surface area contributed by atoms with Gasteiger partial charge in [0.25, 0.3) is 5.91 Å². The van der Waals surface area contributed by atoms with E-state index in [1.54, 1.807) is 6.20 Å². The van der Waals surface area contributed by atoms with Crippen molar-refractivity contribution in [2.24, 2.45) is 0 Å². The zero-order valence-corrected chi connectivity index (χ0v) is 15.7. The number of amides is 1. The fourth-order valence-electron chi connectivity index (χ4n) is 3.84. The zero-order chi connectivity index (χ0) is 18.5. The van der Waals surface area contributed by atoms with Crippen LogP contribution in [0.25, 0.3) is 0 Å². The summed E-state index contributed by atoms with van der Waals surface area (Å²) in [5.41, 5.74) is 1.41. The summed E-state index contributed by atoms with van der Waals surface area (Å²) in [5.74, 6) is -0.493. The Bertz CT molecular complexity index is 634. The Morgan fingerprint density at radius 2 is 1.85 bits per heavy atom. The second kappa shape index (κ2) is 8.52. The molecule has 148 valence electrons. The third-order valence-corrected chi connectivity index (χ3v) is 5.47. The number of morpholine rings is 1.